The summed E-state index contributed by atoms with van der Waals surface area (Å²) in [5, 5.41) is 0.961. The standard InChI is InChI=1S/C24H20N2O5/c1-4-14-15-8-6-7-9-19(15)25-21-16(14)11-26-20(21)10-18-17(22(26)28)12-30-23(29)24(18,5-2)31-13(3)27/h4,6-10H,1,5,11-12H2,2-3H3/t24-/m0/s1. The molecule has 0 radical (unpaired) electrons. The zero-order valence-corrected chi connectivity index (χ0v) is 17.2. The van der Waals surface area contributed by atoms with Gasteiger partial charge in [-0.05, 0) is 24.1 Å². The van der Waals surface area contributed by atoms with Crippen molar-refractivity contribution in [2.75, 3.05) is 0 Å². The highest BCUT2D eigenvalue weighted by Gasteiger charge is 2.50. The van der Waals surface area contributed by atoms with Gasteiger partial charge in [-0.25, -0.2) is 9.78 Å². The summed E-state index contributed by atoms with van der Waals surface area (Å²) in [7, 11) is 0. The van der Waals surface area contributed by atoms with Crippen LogP contribution in [0.3, 0.4) is 0 Å². The number of esters is 2. The number of fused-ring (bicyclic) bond motifs is 5. The maximum atomic E-state index is 13.4. The molecule has 0 N–H and O–H groups in total. The molecule has 0 fully saturated rings. The summed E-state index contributed by atoms with van der Waals surface area (Å²) in [6.07, 6.45) is 1.93. The van der Waals surface area contributed by atoms with E-state index in [1.165, 1.54) is 6.92 Å². The van der Waals surface area contributed by atoms with Gasteiger partial charge in [0.25, 0.3) is 5.56 Å². The van der Waals surface area contributed by atoms with Gasteiger partial charge in [0.05, 0.1) is 29.0 Å². The van der Waals surface area contributed by atoms with Gasteiger partial charge < -0.3 is 14.0 Å². The van der Waals surface area contributed by atoms with Gasteiger partial charge in [0.1, 0.15) is 6.61 Å². The molecule has 31 heavy (non-hydrogen) atoms. The fourth-order valence-electron chi connectivity index (χ4n) is 4.70. The van der Waals surface area contributed by atoms with Crippen LogP contribution >= 0.6 is 0 Å². The topological polar surface area (TPSA) is 87.5 Å². The van der Waals surface area contributed by atoms with Crippen molar-refractivity contribution in [1.29, 1.82) is 0 Å². The fraction of sp³-hybridized carbons (Fsp3) is 0.250. The molecule has 7 heteroatoms. The van der Waals surface area contributed by atoms with Crippen LogP contribution in [0.4, 0.5) is 0 Å². The molecule has 7 nitrogen and oxygen atoms in total. The summed E-state index contributed by atoms with van der Waals surface area (Å²) >= 11 is 0. The minimum atomic E-state index is -1.64. The lowest BCUT2D eigenvalue weighted by molar-refractivity contribution is -0.188. The van der Waals surface area contributed by atoms with Crippen LogP contribution in [-0.4, -0.2) is 21.5 Å². The Hall–Kier alpha value is -3.74. The normalized spacial score (nSPS) is 18.7. The molecule has 0 unspecified atom stereocenters. The van der Waals surface area contributed by atoms with Crippen LogP contribution in [0.5, 0.6) is 0 Å². The first-order chi connectivity index (χ1) is 14.9. The zero-order chi connectivity index (χ0) is 21.9. The summed E-state index contributed by atoms with van der Waals surface area (Å²) in [5.41, 5.74) is 2.65. The predicted molar refractivity (Wildman–Crippen MR) is 114 cm³/mol. The number of cyclic esters (lactones) is 1. The third kappa shape index (κ3) is 2.52. The summed E-state index contributed by atoms with van der Waals surface area (Å²) in [6.45, 7) is 7.11. The Labute approximate surface area is 177 Å². The maximum Gasteiger partial charge on any atom is 0.355 e. The number of para-hydroxylation sites is 1. The van der Waals surface area contributed by atoms with E-state index in [0.717, 1.165) is 22.0 Å². The van der Waals surface area contributed by atoms with Gasteiger partial charge in [0.2, 0.25) is 5.60 Å². The van der Waals surface area contributed by atoms with Gasteiger partial charge in [0.15, 0.2) is 0 Å². The van der Waals surface area contributed by atoms with Crippen LogP contribution in [0.15, 0.2) is 41.7 Å². The highest BCUT2D eigenvalue weighted by Crippen LogP contribution is 2.42. The number of hydrogen-bond acceptors (Lipinski definition) is 6. The monoisotopic (exact) mass is 416 g/mol. The van der Waals surface area contributed by atoms with E-state index in [4.69, 9.17) is 14.5 Å². The van der Waals surface area contributed by atoms with Crippen molar-refractivity contribution >= 4 is 28.9 Å². The van der Waals surface area contributed by atoms with Gasteiger partial charge in [0, 0.05) is 23.4 Å². The first-order valence-corrected chi connectivity index (χ1v) is 10.1. The summed E-state index contributed by atoms with van der Waals surface area (Å²) < 4.78 is 12.4. The molecule has 156 valence electrons. The number of carbonyl (C=O) groups excluding carboxylic acids is 2. The molecule has 2 aliphatic heterocycles. The molecule has 5 rings (SSSR count). The SMILES string of the molecule is C=Cc1c2c(nc3ccccc13)-c1cc3c(c(=O)n1C2)COC(=O)[C@@]3(CC)OC(C)=O. The summed E-state index contributed by atoms with van der Waals surface area (Å²) in [4.78, 5) is 42.8. The smallest absolute Gasteiger partial charge is 0.355 e. The molecule has 2 aromatic heterocycles. The largest absolute Gasteiger partial charge is 0.457 e. The van der Waals surface area contributed by atoms with Crippen molar-refractivity contribution in [2.45, 2.75) is 39.0 Å². The number of nitrogens with zero attached hydrogens (tertiary/aromatic N) is 2. The van der Waals surface area contributed by atoms with Crippen molar-refractivity contribution in [2.24, 2.45) is 0 Å². The van der Waals surface area contributed by atoms with E-state index in [9.17, 15) is 14.4 Å². The molecule has 1 aromatic carbocycles. The van der Waals surface area contributed by atoms with Crippen LogP contribution in [0, 0.1) is 0 Å². The highest BCUT2D eigenvalue weighted by molar-refractivity contribution is 5.93. The van der Waals surface area contributed by atoms with Gasteiger partial charge in [-0.3, -0.25) is 9.59 Å². The van der Waals surface area contributed by atoms with Gasteiger partial charge >= 0.3 is 11.9 Å². The van der Waals surface area contributed by atoms with Crippen molar-refractivity contribution in [3.8, 4) is 11.4 Å². The van der Waals surface area contributed by atoms with Crippen LogP contribution in [0.2, 0.25) is 0 Å². The number of ether oxygens (including phenoxy) is 2. The maximum absolute atomic E-state index is 13.4. The molecule has 0 amide bonds. The van der Waals surface area contributed by atoms with Crippen molar-refractivity contribution < 1.29 is 19.1 Å². The Balaban J connectivity index is 1.83. The number of rotatable bonds is 3. The molecule has 2 aliphatic rings. The molecular weight excluding hydrogens is 396 g/mol. The Bertz CT molecular complexity index is 1370. The molecule has 4 heterocycles. The minimum Gasteiger partial charge on any atom is -0.457 e. The average Bonchev–Trinajstić information content (AvgIpc) is 3.12. The Kier molecular flexibility index (Phi) is 4.12. The molecule has 1 atom stereocenters. The summed E-state index contributed by atoms with van der Waals surface area (Å²) in [5.74, 6) is -1.29. The molecule has 0 aliphatic carbocycles. The Morgan fingerprint density at radius 3 is 2.81 bits per heavy atom. The van der Waals surface area contributed by atoms with E-state index in [-0.39, 0.29) is 18.6 Å². The number of hydrogen-bond donors (Lipinski definition) is 0. The quantitative estimate of drug-likeness (QED) is 0.476. The van der Waals surface area contributed by atoms with Crippen LogP contribution < -0.4 is 5.56 Å². The second-order valence-electron chi connectivity index (χ2n) is 7.74. The van der Waals surface area contributed by atoms with E-state index >= 15 is 0 Å². The molecule has 0 saturated carbocycles. The first-order valence-electron chi connectivity index (χ1n) is 10.1. The fourth-order valence-corrected chi connectivity index (χ4v) is 4.70. The second-order valence-corrected chi connectivity index (χ2v) is 7.74. The van der Waals surface area contributed by atoms with E-state index in [1.807, 2.05) is 24.3 Å². The first kappa shape index (κ1) is 19.2. The van der Waals surface area contributed by atoms with E-state index < -0.39 is 17.5 Å². The Morgan fingerprint density at radius 2 is 2.10 bits per heavy atom. The van der Waals surface area contributed by atoms with Crippen LogP contribution in [-0.2, 0) is 37.8 Å². The number of benzene rings is 1. The minimum absolute atomic E-state index is 0.150. The van der Waals surface area contributed by atoms with Crippen LogP contribution in [0.1, 0.15) is 42.5 Å². The molecule has 0 saturated heterocycles. The van der Waals surface area contributed by atoms with Crippen LogP contribution in [0.25, 0.3) is 28.4 Å². The van der Waals surface area contributed by atoms with Gasteiger partial charge in [-0.15, -0.1) is 0 Å². The number of aromatic nitrogens is 2. The van der Waals surface area contributed by atoms with E-state index in [0.29, 0.717) is 29.1 Å². The van der Waals surface area contributed by atoms with Gasteiger partial charge in [-0.1, -0.05) is 37.8 Å². The van der Waals surface area contributed by atoms with Crippen molar-refractivity contribution in [3.05, 3.63) is 69.5 Å². The lowest BCUT2D eigenvalue weighted by atomic mass is 9.85. The van der Waals surface area contributed by atoms with Crippen molar-refractivity contribution in [3.63, 3.8) is 0 Å². The number of pyridine rings is 2. The third-order valence-electron chi connectivity index (χ3n) is 6.13. The second kappa shape index (κ2) is 6.63. The lowest BCUT2D eigenvalue weighted by Crippen LogP contribution is -2.47. The van der Waals surface area contributed by atoms with Gasteiger partial charge in [-0.2, -0.15) is 0 Å². The van der Waals surface area contributed by atoms with E-state index in [1.54, 1.807) is 23.6 Å². The lowest BCUT2D eigenvalue weighted by Gasteiger charge is -2.35. The zero-order valence-electron chi connectivity index (χ0n) is 17.2. The molecule has 0 bridgehead atoms. The van der Waals surface area contributed by atoms with Crippen molar-refractivity contribution in [1.82, 2.24) is 9.55 Å². The predicted octanol–water partition coefficient (Wildman–Crippen LogP) is 3.29. The molecule has 3 aromatic rings. The number of carbonyl (C=O) groups is 2. The molecule has 0 spiro atoms. The van der Waals surface area contributed by atoms with E-state index in [2.05, 4.69) is 6.58 Å². The summed E-state index contributed by atoms with van der Waals surface area (Å²) in [6, 6.07) is 9.49. The Morgan fingerprint density at radius 1 is 1.32 bits per heavy atom. The third-order valence-corrected chi connectivity index (χ3v) is 6.13. The average molecular weight is 416 g/mol. The highest BCUT2D eigenvalue weighted by atomic mass is 16.6. The molecular formula is C24H20N2O5.